The fourth-order valence-electron chi connectivity index (χ4n) is 3.09. The molecular weight excluding hydrogens is 200 g/mol. The summed E-state index contributed by atoms with van der Waals surface area (Å²) in [6.45, 7) is 8.73. The Morgan fingerprint density at radius 2 is 1.81 bits per heavy atom. The molecule has 0 aromatic heterocycles. The molecule has 1 aliphatic heterocycles. The molecule has 2 rings (SSSR count). The van der Waals surface area contributed by atoms with Crippen LogP contribution >= 0.6 is 0 Å². The molecular formula is C13H24N2O. The molecule has 1 heterocycles. The van der Waals surface area contributed by atoms with Crippen molar-refractivity contribution in [3.05, 3.63) is 0 Å². The van der Waals surface area contributed by atoms with E-state index in [1.54, 1.807) is 0 Å². The fourth-order valence-corrected chi connectivity index (χ4v) is 3.09. The first-order valence-corrected chi connectivity index (χ1v) is 6.49. The smallest absolute Gasteiger partial charge is 0.240 e. The highest BCUT2D eigenvalue weighted by atomic mass is 16.2. The number of carbonyl (C=O) groups is 1. The van der Waals surface area contributed by atoms with Gasteiger partial charge in [-0.3, -0.25) is 10.1 Å². The Morgan fingerprint density at radius 3 is 2.25 bits per heavy atom. The molecule has 1 N–H and O–H groups in total. The van der Waals surface area contributed by atoms with Crippen LogP contribution in [0.15, 0.2) is 0 Å². The second kappa shape index (κ2) is 4.02. The van der Waals surface area contributed by atoms with Crippen molar-refractivity contribution in [1.29, 1.82) is 0 Å². The molecule has 1 saturated carbocycles. The first-order valence-electron chi connectivity index (χ1n) is 6.49. The van der Waals surface area contributed by atoms with Crippen molar-refractivity contribution in [3.8, 4) is 0 Å². The van der Waals surface area contributed by atoms with Crippen LogP contribution in [-0.2, 0) is 4.79 Å². The minimum atomic E-state index is 0.00457. The van der Waals surface area contributed by atoms with E-state index in [1.165, 1.54) is 12.8 Å². The monoisotopic (exact) mass is 224 g/mol. The van der Waals surface area contributed by atoms with E-state index < -0.39 is 0 Å². The van der Waals surface area contributed by atoms with Gasteiger partial charge < -0.3 is 4.90 Å². The average molecular weight is 224 g/mol. The number of hydrogen-bond donors (Lipinski definition) is 1. The molecule has 1 saturated heterocycles. The van der Waals surface area contributed by atoms with Crippen molar-refractivity contribution in [2.45, 2.75) is 71.6 Å². The number of nitrogens with one attached hydrogen (secondary N) is 1. The van der Waals surface area contributed by atoms with E-state index in [0.717, 1.165) is 12.8 Å². The Balaban J connectivity index is 2.01. The number of carbonyl (C=O) groups excluding carboxylic acids is 1. The van der Waals surface area contributed by atoms with Gasteiger partial charge in [-0.1, -0.05) is 13.8 Å². The minimum Gasteiger partial charge on any atom is -0.323 e. The van der Waals surface area contributed by atoms with Crippen LogP contribution in [0.25, 0.3) is 0 Å². The standard InChI is InChI=1S/C13H24N2O/c1-9-12(16)15(10(2)14-9)11-5-7-13(3,4)8-6-11/h9-11,14H,5-8H2,1-4H3. The molecule has 2 fully saturated rings. The van der Waals surface area contributed by atoms with Gasteiger partial charge in [-0.25, -0.2) is 0 Å². The fraction of sp³-hybridized carbons (Fsp3) is 0.923. The number of rotatable bonds is 1. The van der Waals surface area contributed by atoms with Gasteiger partial charge in [0.2, 0.25) is 5.91 Å². The summed E-state index contributed by atoms with van der Waals surface area (Å²) in [5.41, 5.74) is 0.474. The Bertz CT molecular complexity index is 278. The Labute approximate surface area is 98.6 Å². The lowest BCUT2D eigenvalue weighted by Crippen LogP contribution is -2.45. The Morgan fingerprint density at radius 1 is 1.25 bits per heavy atom. The van der Waals surface area contributed by atoms with Crippen molar-refractivity contribution in [2.24, 2.45) is 5.41 Å². The lowest BCUT2D eigenvalue weighted by Gasteiger charge is -2.40. The van der Waals surface area contributed by atoms with Crippen LogP contribution in [-0.4, -0.2) is 29.1 Å². The van der Waals surface area contributed by atoms with E-state index in [0.29, 0.717) is 11.5 Å². The molecule has 92 valence electrons. The van der Waals surface area contributed by atoms with Crippen LogP contribution in [0.5, 0.6) is 0 Å². The van der Waals surface area contributed by atoms with E-state index in [9.17, 15) is 4.79 Å². The summed E-state index contributed by atoms with van der Waals surface area (Å²) < 4.78 is 0. The van der Waals surface area contributed by atoms with Crippen LogP contribution in [0, 0.1) is 5.41 Å². The van der Waals surface area contributed by atoms with Crippen LogP contribution in [0.4, 0.5) is 0 Å². The third-order valence-electron chi connectivity index (χ3n) is 4.24. The maximum atomic E-state index is 12.0. The molecule has 16 heavy (non-hydrogen) atoms. The summed E-state index contributed by atoms with van der Waals surface area (Å²) in [6, 6.07) is 0.470. The summed E-state index contributed by atoms with van der Waals surface area (Å²) >= 11 is 0. The maximum absolute atomic E-state index is 12.0. The third kappa shape index (κ3) is 2.10. The van der Waals surface area contributed by atoms with Gasteiger partial charge in [0.1, 0.15) is 0 Å². The highest BCUT2D eigenvalue weighted by molar-refractivity contribution is 5.84. The molecule has 1 aliphatic carbocycles. The zero-order valence-electron chi connectivity index (χ0n) is 10.9. The highest BCUT2D eigenvalue weighted by Gasteiger charge is 2.40. The number of hydrogen-bond acceptors (Lipinski definition) is 2. The topological polar surface area (TPSA) is 32.3 Å². The van der Waals surface area contributed by atoms with Gasteiger partial charge >= 0.3 is 0 Å². The molecule has 1 amide bonds. The third-order valence-corrected chi connectivity index (χ3v) is 4.24. The molecule has 3 nitrogen and oxygen atoms in total. The molecule has 0 aromatic carbocycles. The summed E-state index contributed by atoms with van der Waals surface area (Å²) in [5.74, 6) is 0.289. The zero-order chi connectivity index (χ0) is 11.9. The van der Waals surface area contributed by atoms with Gasteiger partial charge in [0.05, 0.1) is 12.2 Å². The van der Waals surface area contributed by atoms with Gasteiger partial charge in [0.25, 0.3) is 0 Å². The van der Waals surface area contributed by atoms with Gasteiger partial charge in [-0.05, 0) is 44.9 Å². The predicted molar refractivity (Wildman–Crippen MR) is 64.9 cm³/mol. The quantitative estimate of drug-likeness (QED) is 0.740. The van der Waals surface area contributed by atoms with Crippen LogP contribution in [0.3, 0.4) is 0 Å². The van der Waals surface area contributed by atoms with Gasteiger partial charge in [-0.15, -0.1) is 0 Å². The lowest BCUT2D eigenvalue weighted by molar-refractivity contribution is -0.132. The second-order valence-electron chi connectivity index (χ2n) is 6.21. The Kier molecular flexibility index (Phi) is 2.99. The zero-order valence-corrected chi connectivity index (χ0v) is 10.9. The lowest BCUT2D eigenvalue weighted by atomic mass is 9.75. The molecule has 3 heteroatoms. The molecule has 2 atom stereocenters. The van der Waals surface area contributed by atoms with Crippen LogP contribution < -0.4 is 5.32 Å². The summed E-state index contributed by atoms with van der Waals surface area (Å²) in [6.07, 6.45) is 5.02. The minimum absolute atomic E-state index is 0.00457. The molecule has 0 bridgehead atoms. The molecule has 2 unspecified atom stereocenters. The van der Waals surface area contributed by atoms with E-state index in [4.69, 9.17) is 0 Å². The summed E-state index contributed by atoms with van der Waals surface area (Å²) in [5, 5.41) is 3.31. The molecule has 0 radical (unpaired) electrons. The molecule has 0 aromatic rings. The predicted octanol–water partition coefficient (Wildman–Crippen LogP) is 2.12. The second-order valence-corrected chi connectivity index (χ2v) is 6.21. The summed E-state index contributed by atoms with van der Waals surface area (Å²) in [7, 11) is 0. The van der Waals surface area contributed by atoms with Gasteiger partial charge in [0.15, 0.2) is 0 Å². The number of nitrogens with zero attached hydrogens (tertiary/aromatic N) is 1. The maximum Gasteiger partial charge on any atom is 0.240 e. The van der Waals surface area contributed by atoms with Crippen molar-refractivity contribution < 1.29 is 4.79 Å². The van der Waals surface area contributed by atoms with Crippen molar-refractivity contribution in [2.75, 3.05) is 0 Å². The highest BCUT2D eigenvalue weighted by Crippen LogP contribution is 2.38. The van der Waals surface area contributed by atoms with E-state index >= 15 is 0 Å². The van der Waals surface area contributed by atoms with Gasteiger partial charge in [-0.2, -0.15) is 0 Å². The molecule has 2 aliphatic rings. The average Bonchev–Trinajstić information content (AvgIpc) is 2.43. The normalized spacial score (nSPS) is 35.8. The van der Waals surface area contributed by atoms with Crippen molar-refractivity contribution >= 4 is 5.91 Å². The largest absolute Gasteiger partial charge is 0.323 e. The summed E-state index contributed by atoms with van der Waals surface area (Å²) in [4.78, 5) is 14.1. The Hall–Kier alpha value is -0.570. The molecule has 0 spiro atoms. The first-order chi connectivity index (χ1) is 7.41. The SMILES string of the molecule is CC1NC(C)N(C2CCC(C)(C)CC2)C1=O. The van der Waals surface area contributed by atoms with Crippen molar-refractivity contribution in [1.82, 2.24) is 10.2 Å². The van der Waals surface area contributed by atoms with E-state index in [2.05, 4.69) is 31.0 Å². The van der Waals surface area contributed by atoms with Gasteiger partial charge in [0, 0.05) is 6.04 Å². The van der Waals surface area contributed by atoms with Crippen LogP contribution in [0.1, 0.15) is 53.4 Å². The van der Waals surface area contributed by atoms with E-state index in [1.807, 2.05) is 6.92 Å². The van der Waals surface area contributed by atoms with Crippen LogP contribution in [0.2, 0.25) is 0 Å². The first kappa shape index (κ1) is 11.9. The number of amides is 1. The van der Waals surface area contributed by atoms with Crippen molar-refractivity contribution in [3.63, 3.8) is 0 Å². The van der Waals surface area contributed by atoms with E-state index in [-0.39, 0.29) is 18.1 Å².